The van der Waals surface area contributed by atoms with Crippen molar-refractivity contribution in [2.24, 2.45) is 0 Å². The van der Waals surface area contributed by atoms with Gasteiger partial charge in [0.25, 0.3) is 0 Å². The first kappa shape index (κ1) is 14.1. The second-order valence-electron chi connectivity index (χ2n) is 5.44. The standard InChI is InChI=1S/C14H24N4O/c1-3-11-10-16-18-13(11)17-12(19)9-14(15-2)7-5-4-6-8-14/h10,15H,3-9H2,1-2H3,(H2,16,17,18,19). The monoisotopic (exact) mass is 264 g/mol. The normalized spacial score (nSPS) is 18.2. The van der Waals surface area contributed by atoms with Crippen LogP contribution in [0, 0.1) is 0 Å². The Balaban J connectivity index is 1.96. The van der Waals surface area contributed by atoms with Crippen LogP contribution in [0.2, 0.25) is 0 Å². The van der Waals surface area contributed by atoms with Crippen LogP contribution in [0.4, 0.5) is 5.82 Å². The van der Waals surface area contributed by atoms with Crippen molar-refractivity contribution in [2.45, 2.75) is 57.4 Å². The van der Waals surface area contributed by atoms with E-state index in [1.54, 1.807) is 6.20 Å². The molecule has 0 aliphatic heterocycles. The molecule has 1 fully saturated rings. The maximum Gasteiger partial charge on any atom is 0.227 e. The molecular formula is C14H24N4O. The molecule has 106 valence electrons. The Kier molecular flexibility index (Phi) is 4.58. The van der Waals surface area contributed by atoms with E-state index in [2.05, 4.69) is 27.8 Å². The van der Waals surface area contributed by atoms with E-state index in [1.165, 1.54) is 19.3 Å². The molecule has 5 heteroatoms. The average molecular weight is 264 g/mol. The minimum Gasteiger partial charge on any atom is -0.314 e. The molecule has 0 bridgehead atoms. The Morgan fingerprint density at radius 1 is 1.42 bits per heavy atom. The fourth-order valence-electron chi connectivity index (χ4n) is 2.92. The Labute approximate surface area is 114 Å². The van der Waals surface area contributed by atoms with E-state index in [0.717, 1.165) is 30.6 Å². The fourth-order valence-corrected chi connectivity index (χ4v) is 2.92. The Hall–Kier alpha value is -1.36. The van der Waals surface area contributed by atoms with Crippen LogP contribution < -0.4 is 10.6 Å². The summed E-state index contributed by atoms with van der Waals surface area (Å²) >= 11 is 0. The third kappa shape index (κ3) is 3.35. The third-order valence-corrected chi connectivity index (χ3v) is 4.20. The number of carbonyl (C=O) groups excluding carboxylic acids is 1. The zero-order chi connectivity index (χ0) is 13.7. The molecule has 2 rings (SSSR count). The molecule has 0 aromatic carbocycles. The lowest BCUT2D eigenvalue weighted by atomic mass is 9.79. The molecule has 1 aromatic rings. The molecule has 0 saturated heterocycles. The van der Waals surface area contributed by atoms with Gasteiger partial charge >= 0.3 is 0 Å². The summed E-state index contributed by atoms with van der Waals surface area (Å²) in [5.74, 6) is 0.810. The summed E-state index contributed by atoms with van der Waals surface area (Å²) in [6.45, 7) is 2.05. The van der Waals surface area contributed by atoms with Crippen LogP contribution >= 0.6 is 0 Å². The smallest absolute Gasteiger partial charge is 0.227 e. The van der Waals surface area contributed by atoms with E-state index < -0.39 is 0 Å². The van der Waals surface area contributed by atoms with Crippen molar-refractivity contribution in [3.8, 4) is 0 Å². The molecule has 1 amide bonds. The van der Waals surface area contributed by atoms with E-state index in [0.29, 0.717) is 6.42 Å². The SMILES string of the molecule is CCc1cn[nH]c1NC(=O)CC1(NC)CCCCC1. The van der Waals surface area contributed by atoms with Crippen molar-refractivity contribution in [1.29, 1.82) is 0 Å². The summed E-state index contributed by atoms with van der Waals surface area (Å²) in [7, 11) is 1.96. The lowest BCUT2D eigenvalue weighted by Gasteiger charge is -2.36. The molecular weight excluding hydrogens is 240 g/mol. The number of anilines is 1. The van der Waals surface area contributed by atoms with Crippen molar-refractivity contribution < 1.29 is 4.79 Å². The second-order valence-corrected chi connectivity index (χ2v) is 5.44. The van der Waals surface area contributed by atoms with Crippen LogP contribution in [0.1, 0.15) is 51.0 Å². The lowest BCUT2D eigenvalue weighted by Crippen LogP contribution is -2.47. The first-order chi connectivity index (χ1) is 9.19. The second kappa shape index (κ2) is 6.19. The van der Waals surface area contributed by atoms with Crippen molar-refractivity contribution in [1.82, 2.24) is 15.5 Å². The number of hydrogen-bond donors (Lipinski definition) is 3. The minimum absolute atomic E-state index is 0.0191. The first-order valence-electron chi connectivity index (χ1n) is 7.20. The Morgan fingerprint density at radius 2 is 2.16 bits per heavy atom. The van der Waals surface area contributed by atoms with Gasteiger partial charge in [-0.2, -0.15) is 5.10 Å². The van der Waals surface area contributed by atoms with Crippen LogP contribution in [0.3, 0.4) is 0 Å². The number of aryl methyl sites for hydroxylation is 1. The summed E-state index contributed by atoms with van der Waals surface area (Å²) in [4.78, 5) is 12.2. The number of hydrogen-bond acceptors (Lipinski definition) is 3. The zero-order valence-corrected chi connectivity index (χ0v) is 11.9. The van der Waals surface area contributed by atoms with Gasteiger partial charge in [-0.25, -0.2) is 0 Å². The van der Waals surface area contributed by atoms with Gasteiger partial charge in [-0.3, -0.25) is 9.89 Å². The van der Waals surface area contributed by atoms with Crippen LogP contribution in [0.5, 0.6) is 0 Å². The summed E-state index contributed by atoms with van der Waals surface area (Å²) < 4.78 is 0. The summed E-state index contributed by atoms with van der Waals surface area (Å²) in [6.07, 6.45) is 9.03. The zero-order valence-electron chi connectivity index (χ0n) is 11.9. The number of rotatable bonds is 5. The molecule has 0 atom stereocenters. The van der Waals surface area contributed by atoms with Crippen LogP contribution in [-0.4, -0.2) is 28.7 Å². The molecule has 1 aliphatic carbocycles. The number of nitrogens with zero attached hydrogens (tertiary/aromatic N) is 1. The summed E-state index contributed by atoms with van der Waals surface area (Å²) in [6, 6.07) is 0. The number of carbonyl (C=O) groups is 1. The molecule has 1 aromatic heterocycles. The molecule has 1 saturated carbocycles. The average Bonchev–Trinajstić information content (AvgIpc) is 2.86. The maximum atomic E-state index is 12.2. The number of amides is 1. The number of H-pyrrole nitrogens is 1. The largest absolute Gasteiger partial charge is 0.314 e. The van der Waals surface area contributed by atoms with E-state index in [1.807, 2.05) is 7.05 Å². The predicted molar refractivity (Wildman–Crippen MR) is 76.1 cm³/mol. The molecule has 19 heavy (non-hydrogen) atoms. The Bertz CT molecular complexity index is 421. The van der Waals surface area contributed by atoms with E-state index in [9.17, 15) is 4.79 Å². The van der Waals surface area contributed by atoms with E-state index in [-0.39, 0.29) is 11.4 Å². The highest BCUT2D eigenvalue weighted by molar-refractivity contribution is 5.91. The highest BCUT2D eigenvalue weighted by atomic mass is 16.1. The van der Waals surface area contributed by atoms with Gasteiger partial charge < -0.3 is 10.6 Å². The van der Waals surface area contributed by atoms with Gasteiger partial charge in [0.2, 0.25) is 5.91 Å². The number of aromatic amines is 1. The molecule has 1 heterocycles. The molecule has 0 radical (unpaired) electrons. The fraction of sp³-hybridized carbons (Fsp3) is 0.714. The number of aromatic nitrogens is 2. The quantitative estimate of drug-likeness (QED) is 0.763. The van der Waals surface area contributed by atoms with E-state index in [4.69, 9.17) is 0 Å². The topological polar surface area (TPSA) is 69.8 Å². The van der Waals surface area contributed by atoms with Gasteiger partial charge in [0.15, 0.2) is 0 Å². The Morgan fingerprint density at radius 3 is 2.79 bits per heavy atom. The van der Waals surface area contributed by atoms with Gasteiger partial charge in [-0.15, -0.1) is 0 Å². The number of nitrogens with one attached hydrogen (secondary N) is 3. The molecule has 1 aliphatic rings. The molecule has 3 N–H and O–H groups in total. The van der Waals surface area contributed by atoms with Gasteiger partial charge in [0, 0.05) is 17.5 Å². The molecule has 0 spiro atoms. The third-order valence-electron chi connectivity index (χ3n) is 4.20. The maximum absolute atomic E-state index is 12.2. The van der Waals surface area contributed by atoms with Crippen LogP contribution in [-0.2, 0) is 11.2 Å². The van der Waals surface area contributed by atoms with E-state index >= 15 is 0 Å². The van der Waals surface area contributed by atoms with Gasteiger partial charge in [0.1, 0.15) is 5.82 Å². The minimum atomic E-state index is -0.0191. The highest BCUT2D eigenvalue weighted by Crippen LogP contribution is 2.31. The molecule has 0 unspecified atom stereocenters. The van der Waals surface area contributed by atoms with Gasteiger partial charge in [0.05, 0.1) is 6.20 Å². The predicted octanol–water partition coefficient (Wildman–Crippen LogP) is 2.22. The summed E-state index contributed by atoms with van der Waals surface area (Å²) in [5, 5.41) is 13.1. The van der Waals surface area contributed by atoms with Gasteiger partial charge in [-0.1, -0.05) is 26.2 Å². The van der Waals surface area contributed by atoms with Crippen molar-refractivity contribution >= 4 is 11.7 Å². The van der Waals surface area contributed by atoms with Crippen molar-refractivity contribution in [3.63, 3.8) is 0 Å². The molecule has 5 nitrogen and oxygen atoms in total. The van der Waals surface area contributed by atoms with Crippen molar-refractivity contribution in [2.75, 3.05) is 12.4 Å². The first-order valence-corrected chi connectivity index (χ1v) is 7.20. The van der Waals surface area contributed by atoms with Crippen LogP contribution in [0.15, 0.2) is 6.20 Å². The summed E-state index contributed by atoms with van der Waals surface area (Å²) in [5.41, 5.74) is 1.03. The lowest BCUT2D eigenvalue weighted by molar-refractivity contribution is -0.118. The highest BCUT2D eigenvalue weighted by Gasteiger charge is 2.32. The van der Waals surface area contributed by atoms with Crippen LogP contribution in [0.25, 0.3) is 0 Å². The van der Waals surface area contributed by atoms with Crippen molar-refractivity contribution in [3.05, 3.63) is 11.8 Å². The van der Waals surface area contributed by atoms with Gasteiger partial charge in [-0.05, 0) is 26.3 Å².